The molecule has 3 rings (SSSR count). The average molecular weight is 254 g/mol. The molecule has 0 saturated heterocycles. The molecule has 0 aliphatic carbocycles. The van der Waals surface area contributed by atoms with Gasteiger partial charge in [-0.15, -0.1) is 0 Å². The minimum atomic E-state index is -0.452. The molecule has 94 valence electrons. The summed E-state index contributed by atoms with van der Waals surface area (Å²) in [6.07, 6.45) is 1.35. The van der Waals surface area contributed by atoms with Gasteiger partial charge in [0.2, 0.25) is 0 Å². The van der Waals surface area contributed by atoms with Crippen molar-refractivity contribution >= 4 is 11.7 Å². The highest BCUT2D eigenvalue weighted by Gasteiger charge is 2.28. The van der Waals surface area contributed by atoms with Crippen LogP contribution >= 0.6 is 0 Å². The maximum absolute atomic E-state index is 11.8. The fraction of sp³-hybridized carbons (Fsp3) is 0.0714. The van der Waals surface area contributed by atoms with Gasteiger partial charge in [0.05, 0.1) is 17.7 Å². The molecule has 0 radical (unpaired) electrons. The Morgan fingerprint density at radius 1 is 1.16 bits per heavy atom. The first kappa shape index (κ1) is 11.4. The van der Waals surface area contributed by atoms with Crippen LogP contribution in [0.1, 0.15) is 20.7 Å². The summed E-state index contributed by atoms with van der Waals surface area (Å²) in [7, 11) is 0. The molecule has 1 aromatic carbocycles. The lowest BCUT2D eigenvalue weighted by molar-refractivity contribution is 0.0874. The number of aromatic nitrogens is 1. The summed E-state index contributed by atoms with van der Waals surface area (Å²) < 4.78 is 0. The summed E-state index contributed by atoms with van der Waals surface area (Å²) in [5, 5.41) is 12.6. The van der Waals surface area contributed by atoms with Gasteiger partial charge in [-0.2, -0.15) is 0 Å². The predicted octanol–water partition coefficient (Wildman–Crippen LogP) is 1.38. The molecule has 1 aliphatic heterocycles. The van der Waals surface area contributed by atoms with Gasteiger partial charge in [-0.1, -0.05) is 30.3 Å². The van der Waals surface area contributed by atoms with E-state index in [1.165, 1.54) is 6.20 Å². The normalized spacial score (nSPS) is 13.9. The van der Waals surface area contributed by atoms with E-state index in [0.717, 1.165) is 0 Å². The Labute approximate surface area is 108 Å². The molecule has 5 heteroatoms. The second-order valence-corrected chi connectivity index (χ2v) is 4.22. The lowest BCUT2D eigenvalue weighted by Gasteiger charge is -2.17. The third-order valence-electron chi connectivity index (χ3n) is 3.04. The number of hydrogen-bond acceptors (Lipinski definition) is 4. The second-order valence-electron chi connectivity index (χ2n) is 4.22. The number of fused-ring (bicyclic) bond motifs is 1. The Bertz CT molecular complexity index is 681. The van der Waals surface area contributed by atoms with Gasteiger partial charge >= 0.3 is 0 Å². The van der Waals surface area contributed by atoms with Gasteiger partial charge in [-0.3, -0.25) is 14.6 Å². The Hall–Kier alpha value is -2.69. The zero-order chi connectivity index (χ0) is 13.4. The Morgan fingerprint density at radius 2 is 1.89 bits per heavy atom. The maximum Gasteiger partial charge on any atom is 0.256 e. The fourth-order valence-corrected chi connectivity index (χ4v) is 2.09. The minimum absolute atomic E-state index is 0.00473. The number of amides is 1. The maximum atomic E-state index is 11.8. The summed E-state index contributed by atoms with van der Waals surface area (Å²) in [5.41, 5.74) is 1.16. The van der Waals surface area contributed by atoms with Crippen molar-refractivity contribution in [3.63, 3.8) is 0 Å². The van der Waals surface area contributed by atoms with Crippen LogP contribution in [-0.2, 0) is 0 Å². The average Bonchev–Trinajstić information content (AvgIpc) is 2.44. The molecule has 2 aromatic rings. The molecule has 0 atom stereocenters. The van der Waals surface area contributed by atoms with Gasteiger partial charge in [0, 0.05) is 11.8 Å². The van der Waals surface area contributed by atoms with Crippen molar-refractivity contribution < 1.29 is 14.7 Å². The van der Waals surface area contributed by atoms with Crippen LogP contribution in [0.2, 0.25) is 0 Å². The summed E-state index contributed by atoms with van der Waals surface area (Å²) >= 11 is 0. The molecule has 0 unspecified atom stereocenters. The summed E-state index contributed by atoms with van der Waals surface area (Å²) in [6, 6.07) is 9.01. The van der Waals surface area contributed by atoms with Crippen LogP contribution in [0.25, 0.3) is 11.3 Å². The smallest absolute Gasteiger partial charge is 0.256 e. The number of nitrogens with zero attached hydrogens (tertiary/aromatic N) is 1. The van der Waals surface area contributed by atoms with E-state index in [-0.39, 0.29) is 29.2 Å². The molecule has 0 bridgehead atoms. The zero-order valence-corrected chi connectivity index (χ0v) is 9.88. The molecule has 1 aliphatic rings. The van der Waals surface area contributed by atoms with E-state index in [9.17, 15) is 14.7 Å². The Morgan fingerprint density at radius 3 is 2.63 bits per heavy atom. The van der Waals surface area contributed by atoms with Crippen molar-refractivity contribution in [3.8, 4) is 17.0 Å². The third-order valence-corrected chi connectivity index (χ3v) is 3.04. The van der Waals surface area contributed by atoms with Gasteiger partial charge in [-0.05, 0) is 0 Å². The zero-order valence-electron chi connectivity index (χ0n) is 9.88. The fourth-order valence-electron chi connectivity index (χ4n) is 2.09. The van der Waals surface area contributed by atoms with E-state index in [2.05, 4.69) is 10.3 Å². The summed E-state index contributed by atoms with van der Waals surface area (Å²) in [6.45, 7) is -0.0579. The minimum Gasteiger partial charge on any atom is -0.505 e. The van der Waals surface area contributed by atoms with Crippen molar-refractivity contribution in [1.82, 2.24) is 10.3 Å². The molecule has 1 amide bonds. The molecule has 2 heterocycles. The van der Waals surface area contributed by atoms with Crippen molar-refractivity contribution in [3.05, 3.63) is 47.7 Å². The lowest BCUT2D eigenvalue weighted by atomic mass is 9.98. The van der Waals surface area contributed by atoms with E-state index in [1.807, 2.05) is 6.07 Å². The van der Waals surface area contributed by atoms with Crippen LogP contribution in [0.5, 0.6) is 5.75 Å². The van der Waals surface area contributed by atoms with E-state index >= 15 is 0 Å². The molecule has 2 N–H and O–H groups in total. The number of rotatable bonds is 1. The molecule has 5 nitrogen and oxygen atoms in total. The van der Waals surface area contributed by atoms with E-state index in [0.29, 0.717) is 11.3 Å². The SMILES string of the molecule is O=C1CNC(=O)c2c1cnc(-c1ccccc1)c2O. The molecule has 0 fully saturated rings. The number of ketones is 1. The quantitative estimate of drug-likeness (QED) is 0.805. The largest absolute Gasteiger partial charge is 0.505 e. The number of benzene rings is 1. The van der Waals surface area contributed by atoms with E-state index in [4.69, 9.17) is 0 Å². The van der Waals surface area contributed by atoms with Gasteiger partial charge in [0.15, 0.2) is 11.5 Å². The number of nitrogens with one attached hydrogen (secondary N) is 1. The summed E-state index contributed by atoms with van der Waals surface area (Å²) in [5.74, 6) is -0.960. The Balaban J connectivity index is 2.23. The van der Waals surface area contributed by atoms with E-state index in [1.54, 1.807) is 24.3 Å². The highest BCUT2D eigenvalue weighted by atomic mass is 16.3. The topological polar surface area (TPSA) is 79.3 Å². The van der Waals surface area contributed by atoms with Gasteiger partial charge in [0.25, 0.3) is 5.91 Å². The number of hydrogen-bond donors (Lipinski definition) is 2. The third kappa shape index (κ3) is 1.76. The first-order valence-electron chi connectivity index (χ1n) is 5.77. The van der Waals surface area contributed by atoms with Gasteiger partial charge < -0.3 is 10.4 Å². The van der Waals surface area contributed by atoms with E-state index < -0.39 is 5.91 Å². The monoisotopic (exact) mass is 254 g/mol. The van der Waals surface area contributed by atoms with Gasteiger partial charge in [-0.25, -0.2) is 0 Å². The molecular formula is C14H10N2O3. The highest BCUT2D eigenvalue weighted by molar-refractivity contribution is 6.15. The second kappa shape index (κ2) is 4.20. The molecule has 1 aromatic heterocycles. The molecule has 19 heavy (non-hydrogen) atoms. The van der Waals surface area contributed by atoms with Crippen molar-refractivity contribution in [2.75, 3.05) is 6.54 Å². The number of aromatic hydroxyl groups is 1. The van der Waals surface area contributed by atoms with Crippen molar-refractivity contribution in [2.45, 2.75) is 0 Å². The number of pyridine rings is 1. The molecule has 0 saturated carbocycles. The van der Waals surface area contributed by atoms with Crippen LogP contribution in [0.15, 0.2) is 36.5 Å². The van der Waals surface area contributed by atoms with Crippen LogP contribution in [0, 0.1) is 0 Å². The van der Waals surface area contributed by atoms with Crippen LogP contribution < -0.4 is 5.32 Å². The molecular weight excluding hydrogens is 244 g/mol. The van der Waals surface area contributed by atoms with Crippen molar-refractivity contribution in [1.29, 1.82) is 0 Å². The van der Waals surface area contributed by atoms with Gasteiger partial charge in [0.1, 0.15) is 5.69 Å². The van der Waals surface area contributed by atoms with Crippen LogP contribution in [0.4, 0.5) is 0 Å². The Kier molecular flexibility index (Phi) is 2.52. The predicted molar refractivity (Wildman–Crippen MR) is 68.0 cm³/mol. The first-order chi connectivity index (χ1) is 9.18. The lowest BCUT2D eigenvalue weighted by Crippen LogP contribution is -2.36. The van der Waals surface area contributed by atoms with Crippen molar-refractivity contribution in [2.24, 2.45) is 0 Å². The standard InChI is InChI=1S/C14H10N2O3/c17-10-7-16-14(19)11-9(10)6-15-12(13(11)18)8-4-2-1-3-5-8/h1-6,18H,7H2,(H,16,19). The number of carbonyl (C=O) groups excluding carboxylic acids is 2. The van der Waals surface area contributed by atoms with Crippen LogP contribution in [-0.4, -0.2) is 28.3 Å². The first-order valence-corrected chi connectivity index (χ1v) is 5.77. The number of carbonyl (C=O) groups is 2. The number of Topliss-reactive ketones (excluding diaryl/α,β-unsaturated/α-hetero) is 1. The highest BCUT2D eigenvalue weighted by Crippen LogP contribution is 2.33. The molecule has 0 spiro atoms. The van der Waals surface area contributed by atoms with Crippen LogP contribution in [0.3, 0.4) is 0 Å². The summed E-state index contributed by atoms with van der Waals surface area (Å²) in [4.78, 5) is 27.5.